The first-order chi connectivity index (χ1) is 15.5. The summed E-state index contributed by atoms with van der Waals surface area (Å²) in [5, 5.41) is 4.09. The number of carbonyl (C=O) groups is 2. The molecule has 2 aromatic carbocycles. The van der Waals surface area contributed by atoms with E-state index in [1.54, 1.807) is 18.3 Å². The number of nitrogens with one attached hydrogen (secondary N) is 1. The number of hydrogen-bond donors (Lipinski definition) is 1. The molecule has 3 aromatic rings. The average Bonchev–Trinajstić information content (AvgIpc) is 3.23. The van der Waals surface area contributed by atoms with Crippen molar-refractivity contribution in [2.75, 3.05) is 13.7 Å². The maximum atomic E-state index is 14.4. The second-order valence-electron chi connectivity index (χ2n) is 8.38. The topological polar surface area (TPSA) is 60.3 Å². The summed E-state index contributed by atoms with van der Waals surface area (Å²) in [5.74, 6) is -0.451. The minimum atomic E-state index is -0.354. The largest absolute Gasteiger partial charge is 0.469 e. The minimum absolute atomic E-state index is 0.0418. The molecule has 0 unspecified atom stereocenters. The lowest BCUT2D eigenvalue weighted by molar-refractivity contribution is -0.146. The van der Waals surface area contributed by atoms with Crippen LogP contribution in [0.1, 0.15) is 41.6 Å². The van der Waals surface area contributed by atoms with Gasteiger partial charge in [0.2, 0.25) is 0 Å². The van der Waals surface area contributed by atoms with Crippen LogP contribution in [0.15, 0.2) is 48.7 Å². The highest BCUT2D eigenvalue weighted by molar-refractivity contribution is 6.30. The van der Waals surface area contributed by atoms with Gasteiger partial charge in [0.15, 0.2) is 0 Å². The van der Waals surface area contributed by atoms with E-state index in [4.69, 9.17) is 16.3 Å². The van der Waals surface area contributed by atoms with Gasteiger partial charge in [0.25, 0.3) is 5.91 Å². The lowest BCUT2D eigenvalue weighted by Gasteiger charge is -2.27. The number of nitrogens with zero attached hydrogens (tertiary/aromatic N) is 1. The number of carbonyl (C=O) groups excluding carboxylic acids is 2. The maximum absolute atomic E-state index is 14.4. The molecule has 1 aliphatic rings. The summed E-state index contributed by atoms with van der Waals surface area (Å²) in [6.07, 6.45) is 5.08. The lowest BCUT2D eigenvalue weighted by Crippen LogP contribution is -2.33. The second kappa shape index (κ2) is 9.74. The number of fused-ring (bicyclic) bond motifs is 1. The Hall–Kier alpha value is -2.86. The Morgan fingerprint density at radius 2 is 1.81 bits per heavy atom. The van der Waals surface area contributed by atoms with Gasteiger partial charge in [0.05, 0.1) is 24.1 Å². The summed E-state index contributed by atoms with van der Waals surface area (Å²) in [4.78, 5) is 24.7. The molecule has 1 fully saturated rings. The average molecular weight is 457 g/mol. The molecule has 4 rings (SSSR count). The highest BCUT2D eigenvalue weighted by atomic mass is 35.5. The van der Waals surface area contributed by atoms with Crippen LogP contribution in [0.4, 0.5) is 4.39 Å². The molecule has 1 aromatic heterocycles. The third kappa shape index (κ3) is 4.80. The van der Waals surface area contributed by atoms with Gasteiger partial charge in [-0.2, -0.15) is 0 Å². The molecule has 1 amide bonds. The van der Waals surface area contributed by atoms with Crippen LogP contribution in [-0.2, 0) is 16.1 Å². The van der Waals surface area contributed by atoms with Crippen LogP contribution in [-0.4, -0.2) is 30.1 Å². The first-order valence-corrected chi connectivity index (χ1v) is 11.2. The predicted molar refractivity (Wildman–Crippen MR) is 122 cm³/mol. The highest BCUT2D eigenvalue weighted by Gasteiger charge is 2.27. The van der Waals surface area contributed by atoms with E-state index in [0.717, 1.165) is 31.2 Å². The molecule has 0 aliphatic heterocycles. The van der Waals surface area contributed by atoms with Gasteiger partial charge in [-0.05, 0) is 67.5 Å². The van der Waals surface area contributed by atoms with Crippen molar-refractivity contribution in [3.05, 3.63) is 70.6 Å². The first-order valence-electron chi connectivity index (χ1n) is 10.8. The molecular formula is C25H26ClFN2O3. The van der Waals surface area contributed by atoms with Crippen molar-refractivity contribution in [1.29, 1.82) is 0 Å². The smallest absolute Gasteiger partial charge is 0.308 e. The van der Waals surface area contributed by atoms with Crippen molar-refractivity contribution < 1.29 is 18.7 Å². The second-order valence-corrected chi connectivity index (χ2v) is 8.81. The van der Waals surface area contributed by atoms with Gasteiger partial charge in [-0.1, -0.05) is 23.7 Å². The monoisotopic (exact) mass is 456 g/mol. The van der Waals surface area contributed by atoms with Gasteiger partial charge in [-0.25, -0.2) is 4.39 Å². The van der Waals surface area contributed by atoms with E-state index < -0.39 is 0 Å². The van der Waals surface area contributed by atoms with E-state index >= 15 is 0 Å². The van der Waals surface area contributed by atoms with Crippen LogP contribution in [0.25, 0.3) is 10.9 Å². The SMILES string of the molecule is COC(=O)[C@H]1CC[C@H](CNC(=O)c2ccc(F)c3ccn(Cc4ccc(Cl)cc4)c23)CC1. The van der Waals surface area contributed by atoms with Gasteiger partial charge in [-0.15, -0.1) is 0 Å². The Morgan fingerprint density at radius 3 is 2.50 bits per heavy atom. The highest BCUT2D eigenvalue weighted by Crippen LogP contribution is 2.29. The molecule has 0 spiro atoms. The Balaban J connectivity index is 1.48. The zero-order valence-corrected chi connectivity index (χ0v) is 18.7. The van der Waals surface area contributed by atoms with Gasteiger partial charge in [0.1, 0.15) is 5.82 Å². The van der Waals surface area contributed by atoms with Crippen molar-refractivity contribution in [2.45, 2.75) is 32.2 Å². The van der Waals surface area contributed by atoms with E-state index in [1.807, 2.05) is 28.8 Å². The molecule has 0 radical (unpaired) electrons. The number of benzene rings is 2. The summed E-state index contributed by atoms with van der Waals surface area (Å²) in [5.41, 5.74) is 2.03. The molecule has 32 heavy (non-hydrogen) atoms. The number of amides is 1. The molecule has 1 N–H and O–H groups in total. The van der Waals surface area contributed by atoms with Gasteiger partial charge >= 0.3 is 5.97 Å². The van der Waals surface area contributed by atoms with E-state index in [2.05, 4.69) is 5.32 Å². The van der Waals surface area contributed by atoms with E-state index in [-0.39, 0.29) is 23.6 Å². The lowest BCUT2D eigenvalue weighted by atomic mass is 9.82. The van der Waals surface area contributed by atoms with Crippen LogP contribution in [0, 0.1) is 17.7 Å². The van der Waals surface area contributed by atoms with Gasteiger partial charge in [-0.3, -0.25) is 9.59 Å². The Labute approximate surface area is 191 Å². The fourth-order valence-corrected chi connectivity index (χ4v) is 4.62. The van der Waals surface area contributed by atoms with E-state index in [0.29, 0.717) is 40.5 Å². The van der Waals surface area contributed by atoms with Crippen molar-refractivity contribution in [3.63, 3.8) is 0 Å². The molecular weight excluding hydrogens is 431 g/mol. The normalized spacial score (nSPS) is 18.5. The van der Waals surface area contributed by atoms with Crippen LogP contribution in [0.2, 0.25) is 5.02 Å². The molecule has 1 heterocycles. The molecule has 7 heteroatoms. The van der Waals surface area contributed by atoms with Crippen molar-refractivity contribution in [3.8, 4) is 0 Å². The molecule has 1 saturated carbocycles. The predicted octanol–water partition coefficient (Wildman–Crippen LogP) is 5.19. The van der Waals surface area contributed by atoms with Crippen molar-refractivity contribution in [1.82, 2.24) is 9.88 Å². The zero-order chi connectivity index (χ0) is 22.7. The summed E-state index contributed by atoms with van der Waals surface area (Å²) in [7, 11) is 1.42. The maximum Gasteiger partial charge on any atom is 0.308 e. The number of halogens is 2. The van der Waals surface area contributed by atoms with Crippen molar-refractivity contribution >= 4 is 34.4 Å². The van der Waals surface area contributed by atoms with Crippen LogP contribution in [0.5, 0.6) is 0 Å². The summed E-state index contributed by atoms with van der Waals surface area (Å²) >= 11 is 5.97. The molecule has 0 saturated heterocycles. The van der Waals surface area contributed by atoms with Gasteiger partial charge < -0.3 is 14.6 Å². The number of methoxy groups -OCH3 is 1. The number of rotatable bonds is 6. The number of esters is 1. The van der Waals surface area contributed by atoms with E-state index in [9.17, 15) is 14.0 Å². The minimum Gasteiger partial charge on any atom is -0.469 e. The Bertz CT molecular complexity index is 1120. The first kappa shape index (κ1) is 22.3. The van der Waals surface area contributed by atoms with Crippen LogP contribution >= 0.6 is 11.6 Å². The molecule has 0 atom stereocenters. The fourth-order valence-electron chi connectivity index (χ4n) is 4.49. The van der Waals surface area contributed by atoms with Crippen LogP contribution in [0.3, 0.4) is 0 Å². The Kier molecular flexibility index (Phi) is 6.80. The molecule has 0 bridgehead atoms. The van der Waals surface area contributed by atoms with Crippen LogP contribution < -0.4 is 5.32 Å². The molecule has 1 aliphatic carbocycles. The summed E-state index contributed by atoms with van der Waals surface area (Å²) < 4.78 is 21.2. The standard InChI is InChI=1S/C25H26ClFN2O3/c1-32-25(31)18-6-2-16(3-7-18)14-28-24(30)21-10-11-22(27)20-12-13-29(23(20)21)15-17-4-8-19(26)9-5-17/h4-5,8-13,16,18H,2-3,6-7,14-15H2,1H3,(H,28,30)/t16-,18-. The number of hydrogen-bond acceptors (Lipinski definition) is 3. The summed E-state index contributed by atoms with van der Waals surface area (Å²) in [6, 6.07) is 12.0. The molecule has 5 nitrogen and oxygen atoms in total. The van der Waals surface area contributed by atoms with Gasteiger partial charge in [0, 0.05) is 29.7 Å². The van der Waals surface area contributed by atoms with E-state index in [1.165, 1.54) is 13.2 Å². The summed E-state index contributed by atoms with van der Waals surface area (Å²) in [6.45, 7) is 1.03. The zero-order valence-electron chi connectivity index (χ0n) is 17.9. The molecule has 168 valence electrons. The Morgan fingerprint density at radius 1 is 1.09 bits per heavy atom. The van der Waals surface area contributed by atoms with Crippen molar-refractivity contribution in [2.24, 2.45) is 11.8 Å². The third-order valence-corrected chi connectivity index (χ3v) is 6.57. The third-order valence-electron chi connectivity index (χ3n) is 6.32. The number of aromatic nitrogens is 1. The quantitative estimate of drug-likeness (QED) is 0.519. The fraction of sp³-hybridized carbons (Fsp3) is 0.360. The number of ether oxygens (including phenoxy) is 1.